The average molecular weight is 244 g/mol. The quantitative estimate of drug-likeness (QED) is 0.750. The average Bonchev–Trinajstić information content (AvgIpc) is 2.30. The van der Waals surface area contributed by atoms with Gasteiger partial charge in [-0.15, -0.1) is 0 Å². The van der Waals surface area contributed by atoms with Gasteiger partial charge in [0.1, 0.15) is 5.54 Å². The van der Waals surface area contributed by atoms with Gasteiger partial charge in [0, 0.05) is 19.1 Å². The number of hydrogen-bond donors (Lipinski definition) is 2. The van der Waals surface area contributed by atoms with Crippen molar-refractivity contribution in [2.45, 2.75) is 37.3 Å². The molecule has 16 heavy (non-hydrogen) atoms. The van der Waals surface area contributed by atoms with E-state index in [1.54, 1.807) is 0 Å². The van der Waals surface area contributed by atoms with E-state index in [0.717, 1.165) is 50.3 Å². The molecule has 0 amide bonds. The molecule has 5 heteroatoms. The minimum Gasteiger partial charge on any atom is -0.480 e. The fourth-order valence-corrected chi connectivity index (χ4v) is 3.87. The van der Waals surface area contributed by atoms with Crippen molar-refractivity contribution in [2.24, 2.45) is 5.73 Å². The van der Waals surface area contributed by atoms with Gasteiger partial charge < -0.3 is 10.8 Å². The van der Waals surface area contributed by atoms with Gasteiger partial charge in [0.15, 0.2) is 0 Å². The first kappa shape index (κ1) is 12.2. The highest BCUT2D eigenvalue weighted by atomic mass is 32.2. The van der Waals surface area contributed by atoms with Crippen LogP contribution in [0.1, 0.15) is 25.7 Å². The standard InChI is InChI=1S/C11H20N2O2S/c12-9-1-5-13(6-2-9)11(10(14)15)3-7-16-8-4-11/h9H,1-8,12H2,(H,14,15). The first-order chi connectivity index (χ1) is 7.65. The van der Waals surface area contributed by atoms with Gasteiger partial charge in [0.25, 0.3) is 0 Å². The lowest BCUT2D eigenvalue weighted by Crippen LogP contribution is -2.59. The molecule has 0 aromatic rings. The van der Waals surface area contributed by atoms with Crippen molar-refractivity contribution < 1.29 is 9.90 Å². The molecule has 2 aliphatic rings. The van der Waals surface area contributed by atoms with Crippen molar-refractivity contribution >= 4 is 17.7 Å². The van der Waals surface area contributed by atoms with Crippen LogP contribution in [0, 0.1) is 0 Å². The lowest BCUT2D eigenvalue weighted by molar-refractivity contribution is -0.153. The highest BCUT2D eigenvalue weighted by molar-refractivity contribution is 7.99. The summed E-state index contributed by atoms with van der Waals surface area (Å²) in [5.74, 6) is 1.30. The number of carboxylic acids is 1. The summed E-state index contributed by atoms with van der Waals surface area (Å²) in [6, 6.07) is 0.264. The van der Waals surface area contributed by atoms with E-state index in [1.165, 1.54) is 0 Å². The molecule has 2 fully saturated rings. The van der Waals surface area contributed by atoms with E-state index in [-0.39, 0.29) is 6.04 Å². The number of likely N-dealkylation sites (tertiary alicyclic amines) is 1. The van der Waals surface area contributed by atoms with Crippen LogP contribution in [0.3, 0.4) is 0 Å². The van der Waals surface area contributed by atoms with Gasteiger partial charge in [0.05, 0.1) is 0 Å². The van der Waals surface area contributed by atoms with Gasteiger partial charge in [0.2, 0.25) is 0 Å². The van der Waals surface area contributed by atoms with Gasteiger partial charge in [-0.2, -0.15) is 11.8 Å². The third kappa shape index (κ3) is 2.21. The third-order valence-electron chi connectivity index (χ3n) is 3.86. The molecule has 0 radical (unpaired) electrons. The number of nitrogens with two attached hydrogens (primary N) is 1. The molecule has 0 unspecified atom stereocenters. The molecule has 0 saturated carbocycles. The Kier molecular flexibility index (Phi) is 3.77. The Morgan fingerprint density at radius 3 is 2.38 bits per heavy atom. The lowest BCUT2D eigenvalue weighted by atomic mass is 9.87. The molecule has 0 atom stereocenters. The zero-order valence-electron chi connectivity index (χ0n) is 9.52. The van der Waals surface area contributed by atoms with Crippen molar-refractivity contribution in [3.8, 4) is 0 Å². The maximum Gasteiger partial charge on any atom is 0.324 e. The topological polar surface area (TPSA) is 66.6 Å². The maximum atomic E-state index is 11.6. The first-order valence-electron chi connectivity index (χ1n) is 5.97. The number of carbonyl (C=O) groups is 1. The summed E-state index contributed by atoms with van der Waals surface area (Å²) >= 11 is 1.86. The molecule has 2 rings (SSSR count). The number of hydrogen-bond acceptors (Lipinski definition) is 4. The van der Waals surface area contributed by atoms with E-state index >= 15 is 0 Å². The Morgan fingerprint density at radius 2 is 1.88 bits per heavy atom. The fourth-order valence-electron chi connectivity index (χ4n) is 2.70. The molecule has 2 aliphatic heterocycles. The van der Waals surface area contributed by atoms with Crippen molar-refractivity contribution in [1.29, 1.82) is 0 Å². The fraction of sp³-hybridized carbons (Fsp3) is 0.909. The van der Waals surface area contributed by atoms with Crippen LogP contribution in [0.15, 0.2) is 0 Å². The SMILES string of the molecule is NC1CCN(C2(C(=O)O)CCSCC2)CC1. The summed E-state index contributed by atoms with van der Waals surface area (Å²) in [6.07, 6.45) is 3.43. The van der Waals surface area contributed by atoms with Crippen molar-refractivity contribution in [2.75, 3.05) is 24.6 Å². The molecule has 0 bridgehead atoms. The zero-order chi connectivity index (χ0) is 11.6. The van der Waals surface area contributed by atoms with E-state index < -0.39 is 11.5 Å². The van der Waals surface area contributed by atoms with Crippen LogP contribution in [0.25, 0.3) is 0 Å². The first-order valence-corrected chi connectivity index (χ1v) is 7.12. The van der Waals surface area contributed by atoms with Crippen LogP contribution in [-0.4, -0.2) is 52.2 Å². The van der Waals surface area contributed by atoms with Crippen LogP contribution in [0.4, 0.5) is 0 Å². The Balaban J connectivity index is 2.09. The number of aliphatic carboxylic acids is 1. The highest BCUT2D eigenvalue weighted by Crippen LogP contribution is 2.34. The normalized spacial score (nSPS) is 27.8. The molecule has 0 aliphatic carbocycles. The van der Waals surface area contributed by atoms with Gasteiger partial charge in [-0.25, -0.2) is 0 Å². The van der Waals surface area contributed by atoms with Crippen LogP contribution in [-0.2, 0) is 4.79 Å². The molecule has 4 nitrogen and oxygen atoms in total. The monoisotopic (exact) mass is 244 g/mol. The number of carboxylic acid groups (broad SMARTS) is 1. The Labute approximate surface area is 101 Å². The van der Waals surface area contributed by atoms with E-state index in [9.17, 15) is 9.90 Å². The zero-order valence-corrected chi connectivity index (χ0v) is 10.3. The molecule has 2 heterocycles. The Morgan fingerprint density at radius 1 is 1.31 bits per heavy atom. The van der Waals surface area contributed by atoms with E-state index in [4.69, 9.17) is 5.73 Å². The third-order valence-corrected chi connectivity index (χ3v) is 4.85. The highest BCUT2D eigenvalue weighted by Gasteiger charge is 2.45. The lowest BCUT2D eigenvalue weighted by Gasteiger charge is -2.45. The van der Waals surface area contributed by atoms with Gasteiger partial charge in [-0.05, 0) is 37.2 Å². The Bertz CT molecular complexity index is 259. The number of nitrogens with zero attached hydrogens (tertiary/aromatic N) is 1. The van der Waals surface area contributed by atoms with Gasteiger partial charge in [-0.3, -0.25) is 9.69 Å². The molecule has 0 aromatic carbocycles. The molecule has 2 saturated heterocycles. The summed E-state index contributed by atoms with van der Waals surface area (Å²) < 4.78 is 0. The minimum absolute atomic E-state index is 0.264. The maximum absolute atomic E-state index is 11.6. The Hall–Kier alpha value is -0.260. The van der Waals surface area contributed by atoms with Gasteiger partial charge in [-0.1, -0.05) is 0 Å². The number of thioether (sulfide) groups is 1. The summed E-state index contributed by atoms with van der Waals surface area (Å²) in [5.41, 5.74) is 5.28. The predicted molar refractivity (Wildman–Crippen MR) is 65.7 cm³/mol. The summed E-state index contributed by atoms with van der Waals surface area (Å²) in [4.78, 5) is 13.7. The van der Waals surface area contributed by atoms with Crippen molar-refractivity contribution in [3.63, 3.8) is 0 Å². The second kappa shape index (κ2) is 4.94. The molecule has 0 spiro atoms. The van der Waals surface area contributed by atoms with Crippen LogP contribution >= 0.6 is 11.8 Å². The molecule has 0 aromatic heterocycles. The summed E-state index contributed by atoms with van der Waals surface area (Å²) in [7, 11) is 0. The smallest absolute Gasteiger partial charge is 0.324 e. The van der Waals surface area contributed by atoms with Crippen LogP contribution < -0.4 is 5.73 Å². The van der Waals surface area contributed by atoms with E-state index in [0.29, 0.717) is 0 Å². The molecule has 3 N–H and O–H groups in total. The summed E-state index contributed by atoms with van der Waals surface area (Å²) in [5, 5.41) is 9.52. The predicted octanol–water partition coefficient (Wildman–Crippen LogP) is 0.760. The van der Waals surface area contributed by atoms with Crippen molar-refractivity contribution in [1.82, 2.24) is 4.90 Å². The van der Waals surface area contributed by atoms with Crippen LogP contribution in [0.5, 0.6) is 0 Å². The van der Waals surface area contributed by atoms with Crippen LogP contribution in [0.2, 0.25) is 0 Å². The second-order valence-corrected chi connectivity index (χ2v) is 6.00. The number of rotatable bonds is 2. The van der Waals surface area contributed by atoms with Crippen molar-refractivity contribution in [3.05, 3.63) is 0 Å². The largest absolute Gasteiger partial charge is 0.480 e. The molecule has 92 valence electrons. The number of piperidine rings is 1. The van der Waals surface area contributed by atoms with Gasteiger partial charge >= 0.3 is 5.97 Å². The second-order valence-electron chi connectivity index (χ2n) is 4.77. The van der Waals surface area contributed by atoms with E-state index in [1.807, 2.05) is 11.8 Å². The minimum atomic E-state index is -0.636. The van der Waals surface area contributed by atoms with E-state index in [2.05, 4.69) is 4.90 Å². The molecular formula is C11H20N2O2S. The summed E-state index contributed by atoms with van der Waals surface area (Å²) in [6.45, 7) is 1.69. The molecular weight excluding hydrogens is 224 g/mol.